The van der Waals surface area contributed by atoms with Gasteiger partial charge in [-0.25, -0.2) is 9.36 Å². The number of aliphatic hydroxyl groups is 2. The van der Waals surface area contributed by atoms with Crippen LogP contribution in [0.15, 0.2) is 42.7 Å². The molecule has 0 aliphatic carbocycles. The first-order valence-corrected chi connectivity index (χ1v) is 16.6. The Labute approximate surface area is 262 Å². The first kappa shape index (κ1) is 39.6. The average Bonchev–Trinajstić information content (AvgIpc) is 2.97. The maximum atomic E-state index is 12.1. The fourth-order valence-corrected chi connectivity index (χ4v) is 5.02. The van der Waals surface area contributed by atoms with Crippen molar-refractivity contribution < 1.29 is 36.6 Å². The van der Waals surface area contributed by atoms with Gasteiger partial charge in [-0.05, 0) is 25.7 Å². The number of pyridine rings is 1. The average molecular weight is 641 g/mol. The van der Waals surface area contributed by atoms with Crippen molar-refractivity contribution in [3.8, 4) is 0 Å². The summed E-state index contributed by atoms with van der Waals surface area (Å²) in [4.78, 5) is 12.1. The summed E-state index contributed by atoms with van der Waals surface area (Å²) in [6, 6.07) is 5.25. The number of urea groups is 1. The molecule has 1 rings (SSSR count). The number of rotatable bonds is 27. The van der Waals surface area contributed by atoms with Crippen LogP contribution in [0, 0.1) is 0 Å². The van der Waals surface area contributed by atoms with E-state index < -0.39 is 12.1 Å². The molecule has 6 nitrogen and oxygen atoms in total. The van der Waals surface area contributed by atoms with Crippen molar-refractivity contribution in [1.29, 1.82) is 0 Å². The molecule has 4 N–H and O–H groups in total. The minimum atomic E-state index is -0.879. The number of aryl methyl sites for hydroxylation is 1. The van der Waals surface area contributed by atoms with Crippen LogP contribution in [0.25, 0.3) is 0 Å². The molecule has 0 aliphatic heterocycles. The molecule has 0 saturated carbocycles. The zero-order valence-corrected chi connectivity index (χ0v) is 27.7. The second-order valence-electron chi connectivity index (χ2n) is 11.4. The highest BCUT2D eigenvalue weighted by atomic mass is 79.9. The second kappa shape index (κ2) is 30.0. The van der Waals surface area contributed by atoms with Crippen LogP contribution in [0.4, 0.5) is 4.79 Å². The van der Waals surface area contributed by atoms with Crippen LogP contribution in [-0.4, -0.2) is 41.5 Å². The highest BCUT2D eigenvalue weighted by molar-refractivity contribution is 5.74. The van der Waals surface area contributed by atoms with E-state index in [4.69, 9.17) is 0 Å². The quantitative estimate of drug-likeness (QED) is 0.0655. The van der Waals surface area contributed by atoms with Gasteiger partial charge in [-0.3, -0.25) is 0 Å². The number of aromatic nitrogens is 1. The second-order valence-corrected chi connectivity index (χ2v) is 11.4. The minimum absolute atomic E-state index is 0. The number of unbranched alkanes of at least 4 members (excludes halogenated alkanes) is 18. The summed E-state index contributed by atoms with van der Waals surface area (Å²) in [5, 5.41) is 25.5. The predicted molar refractivity (Wildman–Crippen MR) is 167 cm³/mol. The number of hydrogen-bond donors (Lipinski definition) is 4. The molecular formula is C34H62BrN3O3. The molecule has 1 heterocycles. The number of nitrogens with zero attached hydrogens (tertiary/aromatic N) is 1. The van der Waals surface area contributed by atoms with Gasteiger partial charge in [0, 0.05) is 25.1 Å². The SMILES string of the molecule is CCCCCCCCCCNC(=O)N[C@@H](CO)[C@H](O)/C=C/CCCCCCCCCCCCC[n+]1ccccc1.[Br-]. The number of carbonyl (C=O) groups excluding carboxylic acids is 1. The van der Waals surface area contributed by atoms with Crippen molar-refractivity contribution >= 4 is 6.03 Å². The largest absolute Gasteiger partial charge is 1.00 e. The van der Waals surface area contributed by atoms with Gasteiger partial charge in [-0.2, -0.15) is 0 Å². The highest BCUT2D eigenvalue weighted by Gasteiger charge is 2.17. The molecule has 0 spiro atoms. The van der Waals surface area contributed by atoms with Gasteiger partial charge in [-0.15, -0.1) is 0 Å². The van der Waals surface area contributed by atoms with E-state index in [2.05, 4.69) is 52.7 Å². The molecule has 238 valence electrons. The highest BCUT2D eigenvalue weighted by Crippen LogP contribution is 2.12. The molecule has 0 saturated heterocycles. The lowest BCUT2D eigenvalue weighted by molar-refractivity contribution is -0.697. The van der Waals surface area contributed by atoms with E-state index in [9.17, 15) is 15.0 Å². The Bertz CT molecular complexity index is 720. The van der Waals surface area contributed by atoms with Crippen LogP contribution in [-0.2, 0) is 6.54 Å². The van der Waals surface area contributed by atoms with E-state index in [1.807, 2.05) is 6.08 Å². The van der Waals surface area contributed by atoms with Gasteiger partial charge in [0.15, 0.2) is 12.4 Å². The van der Waals surface area contributed by atoms with Crippen molar-refractivity contribution in [2.45, 2.75) is 154 Å². The molecule has 41 heavy (non-hydrogen) atoms. The van der Waals surface area contributed by atoms with Crippen LogP contribution in [0.2, 0.25) is 0 Å². The molecule has 0 aromatic carbocycles. The lowest BCUT2D eigenvalue weighted by Gasteiger charge is -2.20. The maximum Gasteiger partial charge on any atom is 0.315 e. The maximum absolute atomic E-state index is 12.1. The third-order valence-electron chi connectivity index (χ3n) is 7.64. The molecule has 2 amide bonds. The van der Waals surface area contributed by atoms with Crippen molar-refractivity contribution in [3.05, 3.63) is 42.7 Å². The van der Waals surface area contributed by atoms with Crippen molar-refractivity contribution in [1.82, 2.24) is 10.6 Å². The zero-order chi connectivity index (χ0) is 28.9. The molecule has 0 aliphatic rings. The van der Waals surface area contributed by atoms with E-state index in [-0.39, 0.29) is 29.6 Å². The van der Waals surface area contributed by atoms with E-state index in [1.165, 1.54) is 103 Å². The standard InChI is InChI=1S/C34H61N3O3.BrH/c1-2-3-4-5-6-15-18-22-27-35-34(40)36-32(31-38)33(39)26-21-17-14-12-10-8-7-9-11-13-16-19-23-28-37-29-24-20-25-30-37;/h20-21,24-26,29-30,32-33,38-39H,2-19,22-23,27-28,31H2,1H3,(H-,35,36,40);1H/b26-21+;/t32-,33+;/m0./s1. The Hall–Kier alpha value is -1.44. The fraction of sp³-hybridized carbons (Fsp3) is 0.765. The Morgan fingerprint density at radius 1 is 0.756 bits per heavy atom. The smallest absolute Gasteiger partial charge is 0.315 e. The zero-order valence-electron chi connectivity index (χ0n) is 26.1. The fourth-order valence-electron chi connectivity index (χ4n) is 5.02. The molecule has 0 unspecified atom stereocenters. The minimum Gasteiger partial charge on any atom is -1.00 e. The van der Waals surface area contributed by atoms with Crippen molar-refractivity contribution in [2.75, 3.05) is 13.2 Å². The molecule has 2 atom stereocenters. The lowest BCUT2D eigenvalue weighted by atomic mass is 10.0. The Kier molecular flexibility index (Phi) is 29.0. The molecule has 0 fully saturated rings. The van der Waals surface area contributed by atoms with Crippen LogP contribution in [0.3, 0.4) is 0 Å². The third-order valence-corrected chi connectivity index (χ3v) is 7.64. The van der Waals surface area contributed by atoms with Crippen LogP contribution >= 0.6 is 0 Å². The molecule has 1 aromatic rings. The molecule has 0 bridgehead atoms. The van der Waals surface area contributed by atoms with Gasteiger partial charge >= 0.3 is 6.03 Å². The van der Waals surface area contributed by atoms with Crippen LogP contribution < -0.4 is 32.2 Å². The first-order valence-electron chi connectivity index (χ1n) is 16.6. The van der Waals surface area contributed by atoms with Gasteiger partial charge in [0.1, 0.15) is 6.54 Å². The van der Waals surface area contributed by atoms with E-state index in [0.29, 0.717) is 6.54 Å². The number of carbonyl (C=O) groups is 1. The predicted octanol–water partition coefficient (Wildman–Crippen LogP) is 4.38. The Balaban J connectivity index is 0.0000160. The Morgan fingerprint density at radius 3 is 1.83 bits per heavy atom. The number of amides is 2. The lowest BCUT2D eigenvalue weighted by Crippen LogP contribution is -3.00. The van der Waals surface area contributed by atoms with Crippen molar-refractivity contribution in [3.63, 3.8) is 0 Å². The summed E-state index contributed by atoms with van der Waals surface area (Å²) in [6.45, 7) is 3.70. The van der Waals surface area contributed by atoms with Crippen LogP contribution in [0.1, 0.15) is 135 Å². The monoisotopic (exact) mass is 639 g/mol. The molecular weight excluding hydrogens is 578 g/mol. The van der Waals surface area contributed by atoms with E-state index >= 15 is 0 Å². The summed E-state index contributed by atoms with van der Waals surface area (Å²) < 4.78 is 2.27. The summed E-state index contributed by atoms with van der Waals surface area (Å²) >= 11 is 0. The Morgan fingerprint density at radius 2 is 1.27 bits per heavy atom. The van der Waals surface area contributed by atoms with Gasteiger partial charge in [0.05, 0.1) is 18.8 Å². The van der Waals surface area contributed by atoms with E-state index in [0.717, 1.165) is 32.2 Å². The number of aliphatic hydroxyl groups excluding tert-OH is 2. The summed E-state index contributed by atoms with van der Waals surface area (Å²) in [5.74, 6) is 0. The molecule has 7 heteroatoms. The van der Waals surface area contributed by atoms with Gasteiger partial charge in [-0.1, -0.05) is 121 Å². The summed E-state index contributed by atoms with van der Waals surface area (Å²) in [5.41, 5.74) is 0. The van der Waals surface area contributed by atoms with Gasteiger partial charge in [0.25, 0.3) is 0 Å². The summed E-state index contributed by atoms with van der Waals surface area (Å²) in [6.07, 6.45) is 32.0. The third kappa shape index (κ3) is 24.8. The van der Waals surface area contributed by atoms with Gasteiger partial charge < -0.3 is 37.8 Å². The van der Waals surface area contributed by atoms with Gasteiger partial charge in [0.2, 0.25) is 0 Å². The first-order chi connectivity index (χ1) is 19.7. The number of halogens is 1. The van der Waals surface area contributed by atoms with Crippen molar-refractivity contribution in [2.24, 2.45) is 0 Å². The number of hydrogen-bond acceptors (Lipinski definition) is 3. The summed E-state index contributed by atoms with van der Waals surface area (Å²) in [7, 11) is 0. The number of nitrogens with one attached hydrogen (secondary N) is 2. The normalized spacial score (nSPS) is 12.7. The molecule has 1 aromatic heterocycles. The van der Waals surface area contributed by atoms with E-state index in [1.54, 1.807) is 6.08 Å². The molecule has 0 radical (unpaired) electrons. The topological polar surface area (TPSA) is 85.5 Å². The van der Waals surface area contributed by atoms with Crippen LogP contribution in [0.5, 0.6) is 0 Å². The number of allylic oxidation sites excluding steroid dienone is 1.